The fourth-order valence-corrected chi connectivity index (χ4v) is 15.6. The monoisotopic (exact) mass is 1220 g/mol. The van der Waals surface area contributed by atoms with Crippen molar-refractivity contribution >= 4 is 32.9 Å². The lowest BCUT2D eigenvalue weighted by molar-refractivity contribution is 0.242. The van der Waals surface area contributed by atoms with E-state index in [1.807, 2.05) is 24.3 Å². The molecule has 0 saturated carbocycles. The van der Waals surface area contributed by atoms with Crippen LogP contribution in [0.4, 0.5) is 0 Å². The first-order valence-corrected chi connectivity index (χ1v) is 36.0. The van der Waals surface area contributed by atoms with Gasteiger partial charge in [-0.25, -0.2) is 0 Å². The molecule has 1 aromatic heterocycles. The summed E-state index contributed by atoms with van der Waals surface area (Å²) in [5.41, 5.74) is 15.7. The van der Waals surface area contributed by atoms with Crippen molar-refractivity contribution in [1.82, 2.24) is 15.1 Å². The molecule has 482 valence electrons. The molecule has 0 radical (unpaired) electrons. The standard InChI is InChI=1S/C85H118BN3S/c1-21-25-26-27-28-29-30-42-82(13,14)47-48-84(17,18)44-33-51-87-75-56-70(88(67(34-22-2)40-45-81(10,11)12)69-36-31-35-65(52-69)60(5)6)57-77-80(75)86(79-55-66-53-72-62(8)38-39-63(9)73(72)59-78(66)90-79)74-58-71(61(7)23-3)64(24-4)54-76(74)89(77)68-37-32-43-83(15,16)49-50-85(19,20)46-41-68/h21-22,25-34,36-37,40-41,43,45-46,51-53,55,57-65,75,87H,1-2,23-24,35,38-39,42,44,47-50,54,56H2,3-20H3/b26-25-,28-27+,30-29+,43-32+,45-40+,46-41+,51-33+,67-34+,68-37+. The van der Waals surface area contributed by atoms with E-state index in [4.69, 9.17) is 0 Å². The Hall–Kier alpha value is -5.78. The number of hydrogen-bond donors (Lipinski definition) is 1. The highest BCUT2D eigenvalue weighted by Gasteiger charge is 2.47. The summed E-state index contributed by atoms with van der Waals surface area (Å²) in [6, 6.07) is 7.81. The highest BCUT2D eigenvalue weighted by Crippen LogP contribution is 2.51. The SMILES string of the molecule is C=C\C=C/C=C/C=C/CC(C)(C)CCC(C)(C)C/C=C/NC1CC(N(C2=CC(C(C)C)CC=C2)C(/C=C/C(C)(C)C)=C/C=C)=CC2=C1B(c1cc3cc4c(cc3s1)C(C)CCC4C)C1=C(CC(CC)C(C(C)CC)=C1)N2C1=C/C=C/C(C)(C)CCC(C)(C)\C=C\1. The van der Waals surface area contributed by atoms with E-state index in [0.29, 0.717) is 35.5 Å². The summed E-state index contributed by atoms with van der Waals surface area (Å²) >= 11 is 2.07. The third kappa shape index (κ3) is 17.7. The van der Waals surface area contributed by atoms with Gasteiger partial charge in [0.15, 0.2) is 0 Å². The van der Waals surface area contributed by atoms with Gasteiger partial charge < -0.3 is 15.1 Å². The first-order chi connectivity index (χ1) is 42.6. The number of fused-ring (bicyclic) bond motifs is 2. The summed E-state index contributed by atoms with van der Waals surface area (Å²) in [5, 5.41) is 5.76. The second kappa shape index (κ2) is 29.9. The van der Waals surface area contributed by atoms with Gasteiger partial charge in [0.25, 0.3) is 6.71 Å². The predicted molar refractivity (Wildman–Crippen MR) is 400 cm³/mol. The van der Waals surface area contributed by atoms with E-state index in [1.165, 1.54) is 67.1 Å². The van der Waals surface area contributed by atoms with Gasteiger partial charge in [-0.3, -0.25) is 0 Å². The topological polar surface area (TPSA) is 18.5 Å². The van der Waals surface area contributed by atoms with Crippen LogP contribution in [0.2, 0.25) is 0 Å². The summed E-state index contributed by atoms with van der Waals surface area (Å²) in [7, 11) is 0. The molecule has 3 nitrogen and oxygen atoms in total. The number of hydrogen-bond acceptors (Lipinski definition) is 4. The Balaban J connectivity index is 1.40. The summed E-state index contributed by atoms with van der Waals surface area (Å²) in [6.07, 6.45) is 67.8. The first kappa shape index (κ1) is 70.1. The highest BCUT2D eigenvalue weighted by atomic mass is 32.1. The van der Waals surface area contributed by atoms with Crippen molar-refractivity contribution in [3.05, 3.63) is 233 Å². The maximum absolute atomic E-state index is 4.40. The van der Waals surface area contributed by atoms with Crippen LogP contribution in [0.15, 0.2) is 222 Å². The molecule has 1 aliphatic heterocycles. The van der Waals surface area contributed by atoms with Gasteiger partial charge >= 0.3 is 0 Å². The molecule has 1 N–H and O–H groups in total. The first-order valence-electron chi connectivity index (χ1n) is 35.1. The van der Waals surface area contributed by atoms with E-state index in [1.54, 1.807) is 16.7 Å². The van der Waals surface area contributed by atoms with Crippen LogP contribution in [0.1, 0.15) is 231 Å². The average Bonchev–Trinajstić information content (AvgIpc) is 1.08. The lowest BCUT2D eigenvalue weighted by atomic mass is 9.34. The number of thiophene rings is 1. The number of nitrogens with zero attached hydrogens (tertiary/aromatic N) is 2. The molecule has 6 atom stereocenters. The Morgan fingerprint density at radius 2 is 1.48 bits per heavy atom. The summed E-state index contributed by atoms with van der Waals surface area (Å²) in [5.74, 6) is 2.96. The Morgan fingerprint density at radius 1 is 0.811 bits per heavy atom. The van der Waals surface area contributed by atoms with Crippen LogP contribution < -0.4 is 10.1 Å². The zero-order valence-corrected chi connectivity index (χ0v) is 60.4. The van der Waals surface area contributed by atoms with Crippen LogP contribution in [0, 0.1) is 50.7 Å². The van der Waals surface area contributed by atoms with Crippen LogP contribution in [0.5, 0.6) is 0 Å². The van der Waals surface area contributed by atoms with E-state index in [-0.39, 0.29) is 39.8 Å². The van der Waals surface area contributed by atoms with Crippen LogP contribution in [-0.2, 0) is 0 Å². The minimum Gasteiger partial charge on any atom is -0.385 e. The van der Waals surface area contributed by atoms with E-state index in [9.17, 15) is 0 Å². The van der Waals surface area contributed by atoms with Gasteiger partial charge in [-0.2, -0.15) is 0 Å². The predicted octanol–water partition coefficient (Wildman–Crippen LogP) is 24.1. The fourth-order valence-electron chi connectivity index (χ4n) is 14.3. The van der Waals surface area contributed by atoms with E-state index in [0.717, 1.165) is 76.3 Å². The average molecular weight is 1220 g/mol. The van der Waals surface area contributed by atoms with Crippen molar-refractivity contribution < 1.29 is 0 Å². The highest BCUT2D eigenvalue weighted by molar-refractivity contribution is 7.30. The van der Waals surface area contributed by atoms with Crippen molar-refractivity contribution in [2.75, 3.05) is 0 Å². The largest absolute Gasteiger partial charge is 0.385 e. The maximum atomic E-state index is 4.40. The van der Waals surface area contributed by atoms with Crippen molar-refractivity contribution in [3.63, 3.8) is 0 Å². The molecule has 5 heteroatoms. The number of allylic oxidation sites excluding steroid dienone is 25. The van der Waals surface area contributed by atoms with Crippen molar-refractivity contribution in [2.45, 2.75) is 226 Å². The third-order valence-electron chi connectivity index (χ3n) is 20.8. The molecule has 90 heavy (non-hydrogen) atoms. The van der Waals surface area contributed by atoms with Crippen molar-refractivity contribution in [3.8, 4) is 0 Å². The number of rotatable bonds is 23. The van der Waals surface area contributed by atoms with E-state index < -0.39 is 0 Å². The van der Waals surface area contributed by atoms with Crippen molar-refractivity contribution in [1.29, 1.82) is 0 Å². The van der Waals surface area contributed by atoms with Gasteiger partial charge in [-0.1, -0.05) is 241 Å². The molecular weight excluding hydrogens is 1110 g/mol. The smallest absolute Gasteiger partial charge is 0.256 e. The van der Waals surface area contributed by atoms with Gasteiger partial charge in [0.05, 0.1) is 0 Å². The van der Waals surface area contributed by atoms with Gasteiger partial charge in [-0.05, 0) is 233 Å². The normalized spacial score (nSPS) is 25.2. The fraction of sp³-hybridized carbons (Fsp3) is 0.506. The molecule has 0 fully saturated rings. The molecule has 2 heterocycles. The molecule has 8 rings (SSSR count). The molecule has 0 bridgehead atoms. The summed E-state index contributed by atoms with van der Waals surface area (Å²) < 4.78 is 2.89. The molecule has 6 unspecified atom stereocenters. The van der Waals surface area contributed by atoms with E-state index >= 15 is 0 Å². The van der Waals surface area contributed by atoms with Crippen molar-refractivity contribution in [2.24, 2.45) is 50.7 Å². The molecule has 5 aliphatic carbocycles. The quantitative estimate of drug-likeness (QED) is 0.0884. The number of benzene rings is 1. The molecular formula is C85H118BN3S. The van der Waals surface area contributed by atoms with Crippen LogP contribution in [-0.4, -0.2) is 22.6 Å². The lowest BCUT2D eigenvalue weighted by Gasteiger charge is -2.48. The second-order valence-corrected chi connectivity index (χ2v) is 33.3. The Bertz CT molecular complexity index is 3340. The van der Waals surface area contributed by atoms with Gasteiger partial charge in [0.1, 0.15) is 0 Å². The molecule has 0 saturated heterocycles. The minimum atomic E-state index is -0.0566. The molecule has 0 spiro atoms. The van der Waals surface area contributed by atoms with Gasteiger partial charge in [-0.15, -0.1) is 11.3 Å². The van der Waals surface area contributed by atoms with Gasteiger partial charge in [0, 0.05) is 51.3 Å². The summed E-state index contributed by atoms with van der Waals surface area (Å²) in [4.78, 5) is 5.42. The van der Waals surface area contributed by atoms with Gasteiger partial charge in [0.2, 0.25) is 0 Å². The van der Waals surface area contributed by atoms with E-state index in [2.05, 4.69) is 298 Å². The zero-order valence-electron chi connectivity index (χ0n) is 59.5. The zero-order chi connectivity index (χ0) is 65.3. The lowest BCUT2D eigenvalue weighted by Crippen LogP contribution is -2.51. The Labute approximate surface area is 554 Å². The molecule has 0 amide bonds. The Morgan fingerprint density at radius 3 is 2.13 bits per heavy atom. The second-order valence-electron chi connectivity index (χ2n) is 32.2. The molecule has 2 aromatic rings. The van der Waals surface area contributed by atoms with Crippen LogP contribution in [0.25, 0.3) is 10.1 Å². The third-order valence-corrected chi connectivity index (χ3v) is 22.0. The Kier molecular flexibility index (Phi) is 23.3. The van der Waals surface area contributed by atoms with Crippen LogP contribution in [0.3, 0.4) is 0 Å². The summed E-state index contributed by atoms with van der Waals surface area (Å²) in [6.45, 7) is 51.7. The van der Waals surface area contributed by atoms with Crippen LogP contribution >= 0.6 is 11.3 Å². The minimum absolute atomic E-state index is 0.00131. The molecule has 6 aliphatic rings. The maximum Gasteiger partial charge on any atom is 0.256 e. The molecule has 1 aromatic carbocycles. The number of nitrogens with one attached hydrogen (secondary N) is 1.